The highest BCUT2D eigenvalue weighted by atomic mass is 16.5. The van der Waals surface area contributed by atoms with Gasteiger partial charge in [0.25, 0.3) is 0 Å². The number of carbonyl (C=O) groups is 2. The molecule has 0 aromatic heterocycles. The fourth-order valence-electron chi connectivity index (χ4n) is 3.15. The molecule has 0 aromatic carbocycles. The first-order valence-corrected chi connectivity index (χ1v) is 8.05. The summed E-state index contributed by atoms with van der Waals surface area (Å²) in [4.78, 5) is 27.2. The minimum atomic E-state index is -0.316. The first kappa shape index (κ1) is 17.1. The van der Waals surface area contributed by atoms with Crippen LogP contribution in [0.4, 0.5) is 4.79 Å². The number of urea groups is 1. The van der Waals surface area contributed by atoms with Gasteiger partial charge in [-0.2, -0.15) is 0 Å². The van der Waals surface area contributed by atoms with E-state index in [1.807, 2.05) is 25.7 Å². The summed E-state index contributed by atoms with van der Waals surface area (Å²) in [5, 5.41) is 2.85. The minimum absolute atomic E-state index is 0.0673. The van der Waals surface area contributed by atoms with Crippen molar-refractivity contribution in [3.63, 3.8) is 0 Å². The molecule has 2 fully saturated rings. The molecule has 2 rings (SSSR count). The van der Waals surface area contributed by atoms with Gasteiger partial charge in [-0.25, -0.2) is 4.79 Å². The Morgan fingerprint density at radius 3 is 2.27 bits per heavy atom. The zero-order valence-corrected chi connectivity index (χ0v) is 14.4. The third-order valence-corrected chi connectivity index (χ3v) is 4.51. The number of ether oxygens (including phenoxy) is 1. The second-order valence-electron chi connectivity index (χ2n) is 7.75. The first-order chi connectivity index (χ1) is 10.1. The Hall–Kier alpha value is -1.30. The van der Waals surface area contributed by atoms with Crippen LogP contribution in [0.5, 0.6) is 0 Å². The van der Waals surface area contributed by atoms with E-state index in [9.17, 15) is 9.59 Å². The Bertz CT molecular complexity index is 426. The SMILES string of the molecule is CN(C)C(=O)NC[C@H]1CC2(CCN(C(=O)C(C)(C)C)CC2)O1. The maximum Gasteiger partial charge on any atom is 0.316 e. The minimum Gasteiger partial charge on any atom is -0.370 e. The van der Waals surface area contributed by atoms with E-state index in [1.165, 1.54) is 4.90 Å². The van der Waals surface area contributed by atoms with Gasteiger partial charge in [0.15, 0.2) is 0 Å². The zero-order chi connectivity index (χ0) is 16.5. The third-order valence-electron chi connectivity index (χ3n) is 4.51. The van der Waals surface area contributed by atoms with Crippen LogP contribution in [0.15, 0.2) is 0 Å². The van der Waals surface area contributed by atoms with Crippen LogP contribution in [0.2, 0.25) is 0 Å². The molecular weight excluding hydrogens is 282 g/mol. The number of rotatable bonds is 2. The van der Waals surface area contributed by atoms with E-state index in [0.29, 0.717) is 6.54 Å². The second-order valence-corrected chi connectivity index (χ2v) is 7.75. The van der Waals surface area contributed by atoms with Crippen LogP contribution in [0, 0.1) is 5.41 Å². The number of amides is 3. The molecule has 2 saturated heterocycles. The number of hydrogen-bond donors (Lipinski definition) is 1. The topological polar surface area (TPSA) is 61.9 Å². The van der Waals surface area contributed by atoms with Crippen molar-refractivity contribution in [2.75, 3.05) is 33.7 Å². The van der Waals surface area contributed by atoms with Crippen molar-refractivity contribution in [1.29, 1.82) is 0 Å². The number of carbonyl (C=O) groups excluding carboxylic acids is 2. The van der Waals surface area contributed by atoms with Gasteiger partial charge in [0.1, 0.15) is 0 Å². The van der Waals surface area contributed by atoms with Gasteiger partial charge in [-0.3, -0.25) is 4.79 Å². The number of nitrogens with zero attached hydrogens (tertiary/aromatic N) is 2. The Kier molecular flexibility index (Phi) is 4.70. The Morgan fingerprint density at radius 1 is 1.27 bits per heavy atom. The van der Waals surface area contributed by atoms with Gasteiger partial charge < -0.3 is 19.9 Å². The molecule has 0 unspecified atom stereocenters. The molecular formula is C16H29N3O3. The van der Waals surface area contributed by atoms with Crippen LogP contribution in [0.3, 0.4) is 0 Å². The average molecular weight is 311 g/mol. The monoisotopic (exact) mass is 311 g/mol. The molecule has 0 radical (unpaired) electrons. The van der Waals surface area contributed by atoms with E-state index in [-0.39, 0.29) is 29.1 Å². The second kappa shape index (κ2) is 6.07. The normalized spacial score (nSPS) is 23.9. The molecule has 126 valence electrons. The largest absolute Gasteiger partial charge is 0.370 e. The average Bonchev–Trinajstić information content (AvgIpc) is 2.41. The highest BCUT2D eigenvalue weighted by Gasteiger charge is 2.48. The van der Waals surface area contributed by atoms with E-state index in [4.69, 9.17) is 4.74 Å². The summed E-state index contributed by atoms with van der Waals surface area (Å²) in [6.45, 7) is 7.98. The fourth-order valence-corrected chi connectivity index (χ4v) is 3.15. The summed E-state index contributed by atoms with van der Waals surface area (Å²) in [5.41, 5.74) is -0.383. The maximum absolute atomic E-state index is 12.3. The summed E-state index contributed by atoms with van der Waals surface area (Å²) < 4.78 is 6.04. The molecule has 2 aliphatic heterocycles. The molecule has 1 N–H and O–H groups in total. The molecule has 0 saturated carbocycles. The summed E-state index contributed by atoms with van der Waals surface area (Å²) in [6.07, 6.45) is 2.87. The quantitative estimate of drug-likeness (QED) is 0.840. The van der Waals surface area contributed by atoms with Crippen LogP contribution in [0.25, 0.3) is 0 Å². The molecule has 0 aromatic rings. The molecule has 1 atom stereocenters. The van der Waals surface area contributed by atoms with Crippen LogP contribution < -0.4 is 5.32 Å². The molecule has 0 bridgehead atoms. The molecule has 22 heavy (non-hydrogen) atoms. The van der Waals surface area contributed by atoms with E-state index in [1.54, 1.807) is 14.1 Å². The van der Waals surface area contributed by atoms with Gasteiger partial charge in [-0.15, -0.1) is 0 Å². The summed E-state index contributed by atoms with van der Waals surface area (Å²) in [5.74, 6) is 0.219. The third kappa shape index (κ3) is 3.72. The van der Waals surface area contributed by atoms with Crippen molar-refractivity contribution >= 4 is 11.9 Å². The fraction of sp³-hybridized carbons (Fsp3) is 0.875. The lowest BCUT2D eigenvalue weighted by atomic mass is 9.80. The lowest BCUT2D eigenvalue weighted by Gasteiger charge is -2.52. The number of likely N-dealkylation sites (tertiary alicyclic amines) is 1. The van der Waals surface area contributed by atoms with Crippen LogP contribution >= 0.6 is 0 Å². The maximum atomic E-state index is 12.3. The molecule has 3 amide bonds. The predicted molar refractivity (Wildman–Crippen MR) is 84.6 cm³/mol. The van der Waals surface area contributed by atoms with Crippen molar-refractivity contribution < 1.29 is 14.3 Å². The van der Waals surface area contributed by atoms with Gasteiger partial charge in [0.05, 0.1) is 11.7 Å². The first-order valence-electron chi connectivity index (χ1n) is 8.05. The predicted octanol–water partition coefficient (Wildman–Crippen LogP) is 1.45. The number of nitrogens with one attached hydrogen (secondary N) is 1. The lowest BCUT2D eigenvalue weighted by Crippen LogP contribution is -2.60. The smallest absolute Gasteiger partial charge is 0.316 e. The lowest BCUT2D eigenvalue weighted by molar-refractivity contribution is -0.222. The summed E-state index contributed by atoms with van der Waals surface area (Å²) in [6, 6.07) is -0.0878. The van der Waals surface area contributed by atoms with Gasteiger partial charge in [-0.05, 0) is 12.8 Å². The molecule has 1 spiro atoms. The van der Waals surface area contributed by atoms with Crippen molar-refractivity contribution in [2.24, 2.45) is 5.41 Å². The molecule has 6 heteroatoms. The molecule has 2 aliphatic rings. The Labute approximate surface area is 133 Å². The zero-order valence-electron chi connectivity index (χ0n) is 14.4. The van der Waals surface area contributed by atoms with Crippen molar-refractivity contribution in [3.05, 3.63) is 0 Å². The van der Waals surface area contributed by atoms with Crippen LogP contribution in [-0.4, -0.2) is 67.2 Å². The van der Waals surface area contributed by atoms with Gasteiger partial charge in [0, 0.05) is 45.6 Å². The van der Waals surface area contributed by atoms with E-state index in [2.05, 4.69) is 5.32 Å². The van der Waals surface area contributed by atoms with Gasteiger partial charge in [0.2, 0.25) is 5.91 Å². The Balaban J connectivity index is 1.73. The summed E-state index contributed by atoms with van der Waals surface area (Å²) in [7, 11) is 3.45. The highest BCUT2D eigenvalue weighted by molar-refractivity contribution is 5.81. The van der Waals surface area contributed by atoms with Crippen LogP contribution in [-0.2, 0) is 9.53 Å². The number of hydrogen-bond acceptors (Lipinski definition) is 3. The molecule has 0 aliphatic carbocycles. The van der Waals surface area contributed by atoms with Gasteiger partial charge >= 0.3 is 6.03 Å². The van der Waals surface area contributed by atoms with E-state index in [0.717, 1.165) is 32.4 Å². The molecule has 6 nitrogen and oxygen atoms in total. The van der Waals surface area contributed by atoms with Crippen molar-refractivity contribution in [1.82, 2.24) is 15.1 Å². The highest BCUT2D eigenvalue weighted by Crippen LogP contribution is 2.41. The van der Waals surface area contributed by atoms with Crippen molar-refractivity contribution in [3.8, 4) is 0 Å². The Morgan fingerprint density at radius 2 is 1.82 bits per heavy atom. The standard InChI is InChI=1S/C16H29N3O3/c1-15(2,3)13(20)19-8-6-16(7-9-19)10-12(22-16)11-17-14(21)18(4)5/h12H,6-11H2,1-5H3,(H,17,21)/t12-/m1/s1. The van der Waals surface area contributed by atoms with E-state index >= 15 is 0 Å². The van der Waals surface area contributed by atoms with E-state index < -0.39 is 0 Å². The molecule has 2 heterocycles. The number of piperidine rings is 1. The summed E-state index contributed by atoms with van der Waals surface area (Å²) >= 11 is 0. The van der Waals surface area contributed by atoms with Crippen LogP contribution in [0.1, 0.15) is 40.0 Å². The van der Waals surface area contributed by atoms with Gasteiger partial charge in [-0.1, -0.05) is 20.8 Å². The van der Waals surface area contributed by atoms with Crippen molar-refractivity contribution in [2.45, 2.75) is 51.7 Å².